The van der Waals surface area contributed by atoms with Crippen LogP contribution in [0.2, 0.25) is 0 Å². The van der Waals surface area contributed by atoms with Crippen LogP contribution >= 0.6 is 0 Å². The molecular formula is C10H13N3O2. The third-order valence-electron chi connectivity index (χ3n) is 2.68. The average molecular weight is 207 g/mol. The summed E-state index contributed by atoms with van der Waals surface area (Å²) < 4.78 is 0. The summed E-state index contributed by atoms with van der Waals surface area (Å²) in [7, 11) is 1.72. The Morgan fingerprint density at radius 2 is 2.27 bits per heavy atom. The van der Waals surface area contributed by atoms with Crippen molar-refractivity contribution in [3.63, 3.8) is 0 Å². The van der Waals surface area contributed by atoms with E-state index in [1.165, 1.54) is 6.20 Å². The molecule has 0 saturated carbocycles. The monoisotopic (exact) mass is 207 g/mol. The van der Waals surface area contributed by atoms with Gasteiger partial charge in [-0.15, -0.1) is 0 Å². The molecule has 0 aromatic carbocycles. The fraction of sp³-hybridized carbons (Fsp3) is 0.400. The molecule has 1 fully saturated rings. The van der Waals surface area contributed by atoms with Crippen LogP contribution in [-0.2, 0) is 0 Å². The number of carbonyl (C=O) groups excluding carboxylic acids is 1. The highest BCUT2D eigenvalue weighted by Crippen LogP contribution is 2.05. The molecule has 1 saturated heterocycles. The Morgan fingerprint density at radius 1 is 1.53 bits per heavy atom. The number of carbonyl (C=O) groups is 1. The molecule has 0 unspecified atom stereocenters. The molecule has 1 amide bonds. The van der Waals surface area contributed by atoms with Crippen molar-refractivity contribution in [3.05, 3.63) is 34.2 Å². The molecule has 0 bridgehead atoms. The highest BCUT2D eigenvalue weighted by molar-refractivity contribution is 5.93. The zero-order valence-electron chi connectivity index (χ0n) is 8.49. The molecule has 80 valence electrons. The highest BCUT2D eigenvalue weighted by atomic mass is 16.2. The number of hydrogen-bond acceptors (Lipinski definition) is 3. The van der Waals surface area contributed by atoms with E-state index in [0.717, 1.165) is 13.1 Å². The van der Waals surface area contributed by atoms with Crippen LogP contribution in [0.5, 0.6) is 0 Å². The maximum absolute atomic E-state index is 11.9. The van der Waals surface area contributed by atoms with E-state index in [4.69, 9.17) is 0 Å². The summed E-state index contributed by atoms with van der Waals surface area (Å²) in [6, 6.07) is 3.41. The fourth-order valence-corrected chi connectivity index (χ4v) is 1.49. The molecule has 5 heteroatoms. The van der Waals surface area contributed by atoms with Crippen molar-refractivity contribution in [2.45, 2.75) is 6.04 Å². The van der Waals surface area contributed by atoms with E-state index in [9.17, 15) is 9.59 Å². The van der Waals surface area contributed by atoms with Gasteiger partial charge in [0.1, 0.15) is 5.56 Å². The Kier molecular flexibility index (Phi) is 2.55. The summed E-state index contributed by atoms with van der Waals surface area (Å²) in [6.07, 6.45) is 1.52. The maximum Gasteiger partial charge on any atom is 0.260 e. The summed E-state index contributed by atoms with van der Waals surface area (Å²) in [5.74, 6) is -0.219. The first-order valence-corrected chi connectivity index (χ1v) is 4.85. The van der Waals surface area contributed by atoms with Crippen LogP contribution in [0, 0.1) is 0 Å². The van der Waals surface area contributed by atoms with E-state index < -0.39 is 0 Å². The maximum atomic E-state index is 11.9. The number of pyridine rings is 1. The van der Waals surface area contributed by atoms with Crippen LogP contribution in [0.1, 0.15) is 10.4 Å². The van der Waals surface area contributed by atoms with Crippen LogP contribution < -0.4 is 10.9 Å². The zero-order valence-corrected chi connectivity index (χ0v) is 8.49. The molecule has 0 spiro atoms. The molecule has 1 aliphatic rings. The number of likely N-dealkylation sites (N-methyl/N-ethyl adjacent to an activating group) is 1. The molecule has 1 aromatic heterocycles. The summed E-state index contributed by atoms with van der Waals surface area (Å²) in [6.45, 7) is 1.60. The summed E-state index contributed by atoms with van der Waals surface area (Å²) in [4.78, 5) is 27.4. The van der Waals surface area contributed by atoms with Crippen LogP contribution in [0.4, 0.5) is 0 Å². The number of H-pyrrole nitrogens is 1. The van der Waals surface area contributed by atoms with Gasteiger partial charge in [-0.1, -0.05) is 0 Å². The van der Waals surface area contributed by atoms with Crippen molar-refractivity contribution in [2.24, 2.45) is 0 Å². The third-order valence-corrected chi connectivity index (χ3v) is 2.68. The molecule has 1 aliphatic heterocycles. The van der Waals surface area contributed by atoms with Crippen molar-refractivity contribution in [1.29, 1.82) is 0 Å². The summed E-state index contributed by atoms with van der Waals surface area (Å²) in [5, 5.41) is 3.08. The van der Waals surface area contributed by atoms with Gasteiger partial charge in [0.2, 0.25) is 0 Å². The lowest BCUT2D eigenvalue weighted by Crippen LogP contribution is -2.57. The van der Waals surface area contributed by atoms with Gasteiger partial charge in [0.25, 0.3) is 11.5 Å². The summed E-state index contributed by atoms with van der Waals surface area (Å²) in [5.41, 5.74) is -0.131. The molecule has 2 N–H and O–H groups in total. The highest BCUT2D eigenvalue weighted by Gasteiger charge is 2.26. The number of nitrogens with zero attached hydrogens (tertiary/aromatic N) is 1. The average Bonchev–Trinajstić information content (AvgIpc) is 2.15. The SMILES string of the molecule is CN(C(=O)c1ccc[nH]c1=O)C1CNC1. The summed E-state index contributed by atoms with van der Waals surface area (Å²) >= 11 is 0. The van der Waals surface area contributed by atoms with Gasteiger partial charge in [-0.3, -0.25) is 9.59 Å². The Hall–Kier alpha value is -1.62. The third kappa shape index (κ3) is 1.78. The van der Waals surface area contributed by atoms with Crippen molar-refractivity contribution in [2.75, 3.05) is 20.1 Å². The minimum atomic E-state index is -0.332. The first kappa shape index (κ1) is 9.92. The van der Waals surface area contributed by atoms with Gasteiger partial charge >= 0.3 is 0 Å². The lowest BCUT2D eigenvalue weighted by atomic mass is 10.1. The molecule has 1 aromatic rings. The first-order chi connectivity index (χ1) is 7.20. The van der Waals surface area contributed by atoms with Gasteiger partial charge in [0.05, 0.1) is 6.04 Å². The second-order valence-electron chi connectivity index (χ2n) is 3.64. The van der Waals surface area contributed by atoms with Crippen LogP contribution in [0.25, 0.3) is 0 Å². The number of hydrogen-bond donors (Lipinski definition) is 2. The standard InChI is InChI=1S/C10H13N3O2/c1-13(7-5-11-6-7)10(15)8-3-2-4-12-9(8)14/h2-4,7,11H,5-6H2,1H3,(H,12,14). The minimum absolute atomic E-state index is 0.201. The smallest absolute Gasteiger partial charge is 0.260 e. The first-order valence-electron chi connectivity index (χ1n) is 4.85. The molecule has 5 nitrogen and oxygen atoms in total. The van der Waals surface area contributed by atoms with E-state index in [2.05, 4.69) is 10.3 Å². The van der Waals surface area contributed by atoms with Gasteiger partial charge in [0.15, 0.2) is 0 Å². The molecule has 0 aliphatic carbocycles. The number of aromatic amines is 1. The normalized spacial score (nSPS) is 15.8. The van der Waals surface area contributed by atoms with Crippen molar-refractivity contribution >= 4 is 5.91 Å². The van der Waals surface area contributed by atoms with Gasteiger partial charge < -0.3 is 15.2 Å². The van der Waals surface area contributed by atoms with E-state index in [1.807, 2.05) is 0 Å². The topological polar surface area (TPSA) is 65.2 Å². The fourth-order valence-electron chi connectivity index (χ4n) is 1.49. The largest absolute Gasteiger partial charge is 0.336 e. The predicted molar refractivity (Wildman–Crippen MR) is 55.8 cm³/mol. The molecule has 0 radical (unpaired) electrons. The van der Waals surface area contributed by atoms with Gasteiger partial charge in [-0.2, -0.15) is 0 Å². The van der Waals surface area contributed by atoms with Crippen molar-refractivity contribution < 1.29 is 4.79 Å². The van der Waals surface area contributed by atoms with E-state index in [0.29, 0.717) is 0 Å². The van der Waals surface area contributed by atoms with Crippen LogP contribution in [0.15, 0.2) is 23.1 Å². The van der Waals surface area contributed by atoms with Crippen molar-refractivity contribution in [1.82, 2.24) is 15.2 Å². The quantitative estimate of drug-likeness (QED) is 0.682. The van der Waals surface area contributed by atoms with Gasteiger partial charge in [0, 0.05) is 26.3 Å². The lowest BCUT2D eigenvalue weighted by Gasteiger charge is -2.35. The molecule has 0 atom stereocenters. The second kappa shape index (κ2) is 3.86. The van der Waals surface area contributed by atoms with E-state index in [1.54, 1.807) is 24.1 Å². The molecule has 2 heterocycles. The Morgan fingerprint density at radius 3 is 2.80 bits per heavy atom. The Labute approximate surface area is 87.1 Å². The minimum Gasteiger partial charge on any atom is -0.336 e. The van der Waals surface area contributed by atoms with Crippen LogP contribution in [-0.4, -0.2) is 42.0 Å². The van der Waals surface area contributed by atoms with Crippen molar-refractivity contribution in [3.8, 4) is 0 Å². The van der Waals surface area contributed by atoms with Gasteiger partial charge in [-0.25, -0.2) is 0 Å². The number of amides is 1. The molecule has 15 heavy (non-hydrogen) atoms. The van der Waals surface area contributed by atoms with E-state index in [-0.39, 0.29) is 23.1 Å². The Balaban J connectivity index is 2.20. The number of rotatable bonds is 2. The number of aromatic nitrogens is 1. The van der Waals surface area contributed by atoms with Gasteiger partial charge in [-0.05, 0) is 12.1 Å². The predicted octanol–water partition coefficient (Wildman–Crippen LogP) is -0.581. The van der Waals surface area contributed by atoms with Crippen LogP contribution in [0.3, 0.4) is 0 Å². The Bertz CT molecular complexity index is 423. The molecular weight excluding hydrogens is 194 g/mol. The lowest BCUT2D eigenvalue weighted by molar-refractivity contribution is 0.0679. The zero-order chi connectivity index (χ0) is 10.8. The molecule has 2 rings (SSSR count). The second-order valence-corrected chi connectivity index (χ2v) is 3.64. The van der Waals surface area contributed by atoms with E-state index >= 15 is 0 Å². The number of nitrogens with one attached hydrogen (secondary N) is 2.